The van der Waals surface area contributed by atoms with E-state index in [4.69, 9.17) is 10.5 Å². The summed E-state index contributed by atoms with van der Waals surface area (Å²) in [6.07, 6.45) is 2.13. The Hall–Kier alpha value is -1.06. The van der Waals surface area contributed by atoms with Crippen molar-refractivity contribution in [3.63, 3.8) is 0 Å². The second-order valence-corrected chi connectivity index (χ2v) is 4.84. The van der Waals surface area contributed by atoms with Gasteiger partial charge >= 0.3 is 0 Å². The third-order valence-electron chi connectivity index (χ3n) is 3.24. The summed E-state index contributed by atoms with van der Waals surface area (Å²) in [5.74, 6) is 1.63. The molecule has 1 atom stereocenters. The second kappa shape index (κ2) is 6.03. The van der Waals surface area contributed by atoms with Crippen molar-refractivity contribution in [1.29, 1.82) is 0 Å². The van der Waals surface area contributed by atoms with Gasteiger partial charge in [0.15, 0.2) is 0 Å². The molecule has 94 valence electrons. The molecule has 1 aromatic carbocycles. The first-order chi connectivity index (χ1) is 8.29. The van der Waals surface area contributed by atoms with Gasteiger partial charge in [-0.25, -0.2) is 0 Å². The Kier molecular flexibility index (Phi) is 4.40. The molecule has 0 bridgehead atoms. The Balaban J connectivity index is 1.76. The van der Waals surface area contributed by atoms with Crippen molar-refractivity contribution in [2.45, 2.75) is 19.8 Å². The third kappa shape index (κ3) is 3.45. The van der Waals surface area contributed by atoms with E-state index in [-0.39, 0.29) is 0 Å². The summed E-state index contributed by atoms with van der Waals surface area (Å²) < 4.78 is 5.50. The maximum Gasteiger partial charge on any atom is 0.122 e. The fourth-order valence-corrected chi connectivity index (χ4v) is 2.06. The van der Waals surface area contributed by atoms with E-state index in [2.05, 4.69) is 30.4 Å². The lowest BCUT2D eigenvalue weighted by Crippen LogP contribution is -2.27. The van der Waals surface area contributed by atoms with Gasteiger partial charge in [-0.15, -0.1) is 0 Å². The Morgan fingerprint density at radius 3 is 3.18 bits per heavy atom. The van der Waals surface area contributed by atoms with E-state index in [1.807, 2.05) is 0 Å². The van der Waals surface area contributed by atoms with Gasteiger partial charge in [0, 0.05) is 6.42 Å². The first kappa shape index (κ1) is 12.4. The summed E-state index contributed by atoms with van der Waals surface area (Å²) in [7, 11) is 0. The zero-order valence-corrected chi connectivity index (χ0v) is 10.5. The van der Waals surface area contributed by atoms with E-state index in [1.54, 1.807) is 0 Å². The number of nitrogens with one attached hydrogen (secondary N) is 1. The fourth-order valence-electron chi connectivity index (χ4n) is 2.06. The molecule has 1 aliphatic heterocycles. The van der Waals surface area contributed by atoms with E-state index in [1.165, 1.54) is 11.1 Å². The molecule has 0 aliphatic carbocycles. The number of hydrogen-bond acceptors (Lipinski definition) is 3. The average molecular weight is 234 g/mol. The molecule has 0 amide bonds. The Bertz CT molecular complexity index is 365. The molecular formula is C14H22N2O. The first-order valence-electron chi connectivity index (χ1n) is 6.45. The molecule has 1 aliphatic rings. The highest BCUT2D eigenvalue weighted by Crippen LogP contribution is 2.25. The van der Waals surface area contributed by atoms with Crippen LogP contribution in [0.25, 0.3) is 0 Å². The monoisotopic (exact) mass is 234 g/mol. The van der Waals surface area contributed by atoms with Crippen LogP contribution in [0.15, 0.2) is 18.2 Å². The summed E-state index contributed by atoms with van der Waals surface area (Å²) in [6, 6.07) is 6.54. The molecule has 0 saturated carbocycles. The largest absolute Gasteiger partial charge is 0.493 e. The maximum absolute atomic E-state index is 5.57. The van der Waals surface area contributed by atoms with E-state index in [9.17, 15) is 0 Å². The lowest BCUT2D eigenvalue weighted by molar-refractivity contribution is 0.357. The summed E-state index contributed by atoms with van der Waals surface area (Å²) in [5, 5.41) is 3.44. The van der Waals surface area contributed by atoms with Crippen LogP contribution in [-0.2, 0) is 12.8 Å². The highest BCUT2D eigenvalue weighted by molar-refractivity contribution is 5.39. The summed E-state index contributed by atoms with van der Waals surface area (Å²) in [4.78, 5) is 0. The van der Waals surface area contributed by atoms with Crippen LogP contribution in [0.1, 0.15) is 18.1 Å². The smallest absolute Gasteiger partial charge is 0.122 e. The van der Waals surface area contributed by atoms with Crippen molar-refractivity contribution in [2.24, 2.45) is 11.7 Å². The van der Waals surface area contributed by atoms with Gasteiger partial charge in [-0.3, -0.25) is 0 Å². The van der Waals surface area contributed by atoms with Gasteiger partial charge in [-0.2, -0.15) is 0 Å². The molecule has 0 aromatic heterocycles. The molecule has 1 aromatic rings. The zero-order chi connectivity index (χ0) is 12.1. The lowest BCUT2D eigenvalue weighted by Gasteiger charge is -2.10. The second-order valence-electron chi connectivity index (χ2n) is 4.84. The van der Waals surface area contributed by atoms with Crippen molar-refractivity contribution in [1.82, 2.24) is 5.32 Å². The predicted octanol–water partition coefficient (Wildman–Crippen LogP) is 1.35. The molecule has 1 unspecified atom stereocenters. The van der Waals surface area contributed by atoms with Crippen LogP contribution < -0.4 is 15.8 Å². The summed E-state index contributed by atoms with van der Waals surface area (Å²) in [5.41, 5.74) is 8.32. The van der Waals surface area contributed by atoms with Crippen molar-refractivity contribution in [3.05, 3.63) is 29.3 Å². The van der Waals surface area contributed by atoms with E-state index >= 15 is 0 Å². The average Bonchev–Trinajstić information content (AvgIpc) is 2.81. The molecule has 3 nitrogen and oxygen atoms in total. The molecule has 0 saturated heterocycles. The lowest BCUT2D eigenvalue weighted by atomic mass is 10.1. The van der Waals surface area contributed by atoms with Crippen LogP contribution in [0.5, 0.6) is 5.75 Å². The van der Waals surface area contributed by atoms with Gasteiger partial charge in [0.2, 0.25) is 0 Å². The molecule has 17 heavy (non-hydrogen) atoms. The van der Waals surface area contributed by atoms with Crippen LogP contribution in [0.3, 0.4) is 0 Å². The quantitative estimate of drug-likeness (QED) is 0.730. The van der Waals surface area contributed by atoms with Crippen molar-refractivity contribution in [2.75, 3.05) is 26.2 Å². The van der Waals surface area contributed by atoms with Gasteiger partial charge in [0.1, 0.15) is 5.75 Å². The predicted molar refractivity (Wildman–Crippen MR) is 70.4 cm³/mol. The van der Waals surface area contributed by atoms with Crippen molar-refractivity contribution >= 4 is 0 Å². The molecule has 0 spiro atoms. The van der Waals surface area contributed by atoms with Crippen LogP contribution >= 0.6 is 0 Å². The van der Waals surface area contributed by atoms with Gasteiger partial charge in [0.05, 0.1) is 6.61 Å². The van der Waals surface area contributed by atoms with E-state index in [0.29, 0.717) is 5.92 Å². The minimum Gasteiger partial charge on any atom is -0.493 e. The highest BCUT2D eigenvalue weighted by atomic mass is 16.5. The number of nitrogens with two attached hydrogens (primary N) is 1. The first-order valence-corrected chi connectivity index (χ1v) is 6.45. The van der Waals surface area contributed by atoms with Gasteiger partial charge in [0.25, 0.3) is 0 Å². The number of benzene rings is 1. The Morgan fingerprint density at radius 1 is 1.47 bits per heavy atom. The SMILES string of the molecule is CC(CN)CNCCc1ccc2c(c1)CCO2. The molecule has 2 rings (SSSR count). The van der Waals surface area contributed by atoms with Gasteiger partial charge in [-0.05, 0) is 49.2 Å². The minimum atomic E-state index is 0.559. The van der Waals surface area contributed by atoms with Gasteiger partial charge in [-0.1, -0.05) is 19.1 Å². The topological polar surface area (TPSA) is 47.3 Å². The molecule has 1 heterocycles. The third-order valence-corrected chi connectivity index (χ3v) is 3.24. The van der Waals surface area contributed by atoms with Crippen LogP contribution in [-0.4, -0.2) is 26.2 Å². The van der Waals surface area contributed by atoms with Crippen LogP contribution in [0, 0.1) is 5.92 Å². The van der Waals surface area contributed by atoms with Crippen molar-refractivity contribution in [3.8, 4) is 5.75 Å². The standard InChI is InChI=1S/C14H22N2O/c1-11(9-15)10-16-6-4-12-2-3-14-13(8-12)5-7-17-14/h2-3,8,11,16H,4-7,9-10,15H2,1H3. The van der Waals surface area contributed by atoms with Gasteiger partial charge < -0.3 is 15.8 Å². The molecule has 3 heteroatoms. The number of rotatable bonds is 6. The summed E-state index contributed by atoms with van der Waals surface area (Å²) >= 11 is 0. The Labute approximate surface area is 103 Å². The molecule has 3 N–H and O–H groups in total. The number of fused-ring (bicyclic) bond motifs is 1. The molecule has 0 radical (unpaired) electrons. The fraction of sp³-hybridized carbons (Fsp3) is 0.571. The van der Waals surface area contributed by atoms with Crippen LogP contribution in [0.4, 0.5) is 0 Å². The molecule has 0 fully saturated rings. The Morgan fingerprint density at radius 2 is 2.35 bits per heavy atom. The molecular weight excluding hydrogens is 212 g/mol. The minimum absolute atomic E-state index is 0.559. The van der Waals surface area contributed by atoms with Crippen molar-refractivity contribution < 1.29 is 4.74 Å². The maximum atomic E-state index is 5.57. The summed E-state index contributed by atoms with van der Waals surface area (Å²) in [6.45, 7) is 5.78. The zero-order valence-electron chi connectivity index (χ0n) is 10.5. The number of ether oxygens (including phenoxy) is 1. The van der Waals surface area contributed by atoms with E-state index in [0.717, 1.165) is 44.8 Å². The normalized spacial score (nSPS) is 15.4. The van der Waals surface area contributed by atoms with Crippen LogP contribution in [0.2, 0.25) is 0 Å². The van der Waals surface area contributed by atoms with E-state index < -0.39 is 0 Å². The highest BCUT2D eigenvalue weighted by Gasteiger charge is 2.11. The number of hydrogen-bond donors (Lipinski definition) is 2.